The van der Waals surface area contributed by atoms with Crippen molar-refractivity contribution in [3.05, 3.63) is 211 Å². The number of hydrogen-bond donors (Lipinski definition) is 0. The van der Waals surface area contributed by atoms with E-state index in [1.807, 2.05) is 0 Å². The molecule has 0 bridgehead atoms. The molecule has 2 aromatic heterocycles. The van der Waals surface area contributed by atoms with Crippen molar-refractivity contribution in [3.8, 4) is 67.3 Å². The Hall–Kier alpha value is -7.23. The summed E-state index contributed by atoms with van der Waals surface area (Å²) in [4.78, 5) is 0. The minimum Gasteiger partial charge on any atom is -0.309 e. The first-order valence-corrected chi connectivity index (χ1v) is 19.2. The molecular weight excluding hydrogens is 679 g/mol. The number of fused-ring (bicyclic) bond motifs is 3. The summed E-state index contributed by atoms with van der Waals surface area (Å²) in [6.45, 7) is 4.24. The quantitative estimate of drug-likeness (QED) is 0.161. The van der Waals surface area contributed by atoms with E-state index in [1.165, 1.54) is 60.8 Å². The molecule has 266 valence electrons. The van der Waals surface area contributed by atoms with E-state index >= 15 is 0 Å². The van der Waals surface area contributed by atoms with Crippen LogP contribution >= 0.6 is 0 Å². The van der Waals surface area contributed by atoms with E-state index in [1.54, 1.807) is 0 Å². The molecule has 0 amide bonds. The Bertz CT molecular complexity index is 2950. The predicted octanol–water partition coefficient (Wildman–Crippen LogP) is 13.9. The number of rotatable bonds is 7. The lowest BCUT2D eigenvalue weighted by molar-refractivity contribution is 0.892. The lowest BCUT2D eigenvalue weighted by Gasteiger charge is -2.16. The molecule has 3 nitrogen and oxygen atoms in total. The summed E-state index contributed by atoms with van der Waals surface area (Å²) in [5.41, 5.74) is 18.5. The highest BCUT2D eigenvalue weighted by molar-refractivity contribution is 6.09. The van der Waals surface area contributed by atoms with Gasteiger partial charge in [0.15, 0.2) is 0 Å². The van der Waals surface area contributed by atoms with E-state index in [4.69, 9.17) is 5.10 Å². The van der Waals surface area contributed by atoms with Gasteiger partial charge in [0.2, 0.25) is 0 Å². The average molecular weight is 718 g/mol. The third kappa shape index (κ3) is 5.91. The van der Waals surface area contributed by atoms with Crippen molar-refractivity contribution in [3.63, 3.8) is 0 Å². The molecule has 0 saturated heterocycles. The number of nitrogens with zero attached hydrogens (tertiary/aromatic N) is 3. The van der Waals surface area contributed by atoms with Crippen LogP contribution in [0.4, 0.5) is 0 Å². The molecule has 0 N–H and O–H groups in total. The van der Waals surface area contributed by atoms with Gasteiger partial charge in [-0.15, -0.1) is 0 Å². The SMILES string of the molecule is Cc1ccc(-c2cc(-c3ccc(C)cc3)n(-c3ccc(-c4ccccc4-c4ccccc4-c4ccc(-n5c6ccccc6c6ccccc65)cc4)cc3)n2)cc1. The zero-order valence-corrected chi connectivity index (χ0v) is 31.4. The summed E-state index contributed by atoms with van der Waals surface area (Å²) in [6, 6.07) is 72.2. The van der Waals surface area contributed by atoms with E-state index < -0.39 is 0 Å². The third-order valence-corrected chi connectivity index (χ3v) is 11.0. The van der Waals surface area contributed by atoms with Gasteiger partial charge in [-0.05, 0) is 89.7 Å². The Morgan fingerprint density at radius 2 is 0.768 bits per heavy atom. The largest absolute Gasteiger partial charge is 0.309 e. The smallest absolute Gasteiger partial charge is 0.0934 e. The molecule has 0 unspecified atom stereocenters. The molecule has 0 saturated carbocycles. The predicted molar refractivity (Wildman–Crippen MR) is 235 cm³/mol. The van der Waals surface area contributed by atoms with Crippen molar-refractivity contribution in [2.24, 2.45) is 0 Å². The second-order valence-corrected chi connectivity index (χ2v) is 14.6. The van der Waals surface area contributed by atoms with Crippen LogP contribution in [0.3, 0.4) is 0 Å². The number of hydrogen-bond acceptors (Lipinski definition) is 1. The zero-order chi connectivity index (χ0) is 37.6. The van der Waals surface area contributed by atoms with Gasteiger partial charge in [0.05, 0.1) is 28.1 Å². The Morgan fingerprint density at radius 1 is 0.357 bits per heavy atom. The number of benzene rings is 8. The van der Waals surface area contributed by atoms with E-state index in [0.717, 1.165) is 39.5 Å². The van der Waals surface area contributed by atoms with Gasteiger partial charge >= 0.3 is 0 Å². The van der Waals surface area contributed by atoms with E-state index in [-0.39, 0.29) is 0 Å². The topological polar surface area (TPSA) is 22.8 Å². The van der Waals surface area contributed by atoms with Crippen LogP contribution in [0.2, 0.25) is 0 Å². The lowest BCUT2D eigenvalue weighted by Crippen LogP contribution is -1.99. The van der Waals surface area contributed by atoms with E-state index in [0.29, 0.717) is 0 Å². The normalized spacial score (nSPS) is 11.4. The Balaban J connectivity index is 1.01. The minimum absolute atomic E-state index is 0.953. The number of aryl methyl sites for hydroxylation is 2. The van der Waals surface area contributed by atoms with Crippen molar-refractivity contribution in [1.29, 1.82) is 0 Å². The molecular formula is C53H39N3. The van der Waals surface area contributed by atoms with Gasteiger partial charge in [0, 0.05) is 27.6 Å². The Kier molecular flexibility index (Phi) is 8.26. The van der Waals surface area contributed by atoms with Crippen LogP contribution in [0.1, 0.15) is 11.1 Å². The Morgan fingerprint density at radius 3 is 1.29 bits per heavy atom. The van der Waals surface area contributed by atoms with Gasteiger partial charge in [-0.2, -0.15) is 5.10 Å². The first kappa shape index (κ1) is 33.3. The Labute approximate surface area is 327 Å². The lowest BCUT2D eigenvalue weighted by atomic mass is 9.89. The maximum atomic E-state index is 5.16. The highest BCUT2D eigenvalue weighted by atomic mass is 15.3. The standard InChI is InChI=1S/C53H39N3/c1-36-19-23-40(24-20-36)50-35-53(41-25-21-37(2)22-26-41)56(54-50)43-33-29-39(30-34-43)45-12-4-6-14-47(45)46-13-5-3-11-44(46)38-27-31-42(32-28-38)55-51-17-9-7-15-48(51)49-16-8-10-18-52(49)55/h3-35H,1-2H3. The summed E-state index contributed by atoms with van der Waals surface area (Å²) < 4.78 is 4.45. The fourth-order valence-electron chi connectivity index (χ4n) is 8.09. The van der Waals surface area contributed by atoms with Crippen LogP contribution in [0.5, 0.6) is 0 Å². The van der Waals surface area contributed by atoms with Gasteiger partial charge in [-0.1, -0.05) is 169 Å². The second-order valence-electron chi connectivity index (χ2n) is 14.6. The van der Waals surface area contributed by atoms with Gasteiger partial charge in [0.1, 0.15) is 0 Å². The third-order valence-electron chi connectivity index (χ3n) is 11.0. The monoisotopic (exact) mass is 717 g/mol. The zero-order valence-electron chi connectivity index (χ0n) is 31.4. The number of para-hydroxylation sites is 2. The first-order chi connectivity index (χ1) is 27.6. The van der Waals surface area contributed by atoms with Gasteiger partial charge < -0.3 is 4.57 Å². The van der Waals surface area contributed by atoms with Crippen LogP contribution < -0.4 is 0 Å². The molecule has 0 radical (unpaired) electrons. The molecule has 0 aliphatic rings. The summed E-state index contributed by atoms with van der Waals surface area (Å²) in [5.74, 6) is 0. The maximum Gasteiger partial charge on any atom is 0.0934 e. The van der Waals surface area contributed by atoms with E-state index in [2.05, 4.69) is 223 Å². The summed E-state index contributed by atoms with van der Waals surface area (Å²) in [6.07, 6.45) is 0. The van der Waals surface area contributed by atoms with Crippen LogP contribution in [-0.4, -0.2) is 14.3 Å². The minimum atomic E-state index is 0.953. The molecule has 0 spiro atoms. The highest BCUT2D eigenvalue weighted by Crippen LogP contribution is 2.40. The van der Waals surface area contributed by atoms with Gasteiger partial charge in [-0.25, -0.2) is 4.68 Å². The summed E-state index contributed by atoms with van der Waals surface area (Å²) in [7, 11) is 0. The molecule has 0 aliphatic carbocycles. The molecule has 0 fully saturated rings. The van der Waals surface area contributed by atoms with Crippen LogP contribution in [0.15, 0.2) is 200 Å². The van der Waals surface area contributed by atoms with Crippen LogP contribution in [0, 0.1) is 13.8 Å². The molecule has 0 aliphatic heterocycles. The first-order valence-electron chi connectivity index (χ1n) is 19.2. The maximum absolute atomic E-state index is 5.16. The molecule has 2 heterocycles. The number of aromatic nitrogens is 3. The van der Waals surface area contributed by atoms with Crippen molar-refractivity contribution in [2.75, 3.05) is 0 Å². The fourth-order valence-corrected chi connectivity index (χ4v) is 8.09. The molecule has 0 atom stereocenters. The molecule has 56 heavy (non-hydrogen) atoms. The molecule has 3 heteroatoms. The fraction of sp³-hybridized carbons (Fsp3) is 0.0377. The van der Waals surface area contributed by atoms with Gasteiger partial charge in [-0.3, -0.25) is 0 Å². The molecule has 10 rings (SSSR count). The van der Waals surface area contributed by atoms with Crippen molar-refractivity contribution < 1.29 is 0 Å². The van der Waals surface area contributed by atoms with Crippen molar-refractivity contribution in [2.45, 2.75) is 13.8 Å². The van der Waals surface area contributed by atoms with Crippen molar-refractivity contribution >= 4 is 21.8 Å². The van der Waals surface area contributed by atoms with Crippen LogP contribution in [0.25, 0.3) is 89.1 Å². The van der Waals surface area contributed by atoms with Gasteiger partial charge in [0.25, 0.3) is 0 Å². The van der Waals surface area contributed by atoms with Crippen molar-refractivity contribution in [1.82, 2.24) is 14.3 Å². The molecule has 8 aromatic carbocycles. The summed E-state index contributed by atoms with van der Waals surface area (Å²) >= 11 is 0. The van der Waals surface area contributed by atoms with E-state index in [9.17, 15) is 0 Å². The summed E-state index contributed by atoms with van der Waals surface area (Å²) in [5, 5.41) is 7.70. The van der Waals surface area contributed by atoms with Crippen LogP contribution in [-0.2, 0) is 0 Å². The molecule has 10 aromatic rings. The highest BCUT2D eigenvalue weighted by Gasteiger charge is 2.17. The average Bonchev–Trinajstić information content (AvgIpc) is 3.85. The second kappa shape index (κ2) is 13.9.